The molecule has 2 rings (SSSR count). The first-order chi connectivity index (χ1) is 13.0. The Morgan fingerprint density at radius 3 is 2.11 bits per heavy atom. The molecule has 1 aromatic carbocycles. The van der Waals surface area contributed by atoms with Gasteiger partial charge in [0.25, 0.3) is 0 Å². The van der Waals surface area contributed by atoms with Crippen molar-refractivity contribution in [1.82, 2.24) is 9.80 Å². The first-order valence-electron chi connectivity index (χ1n) is 8.76. The van der Waals surface area contributed by atoms with Crippen molar-refractivity contribution in [2.45, 2.75) is 6.42 Å². The first kappa shape index (κ1) is 20.6. The van der Waals surface area contributed by atoms with Gasteiger partial charge in [0, 0.05) is 45.2 Å². The normalized spacial score (nSPS) is 15.0. The van der Waals surface area contributed by atoms with Crippen LogP contribution in [0.5, 0.6) is 17.2 Å². The molecule has 1 aromatic rings. The van der Waals surface area contributed by atoms with Crippen LogP contribution in [0, 0.1) is 0 Å². The Bertz CT molecular complexity index is 672. The lowest BCUT2D eigenvalue weighted by molar-refractivity contribution is -0.128. The summed E-state index contributed by atoms with van der Waals surface area (Å²) in [4.78, 5) is 27.2. The molecule has 1 saturated heterocycles. The Morgan fingerprint density at radius 2 is 1.63 bits per heavy atom. The van der Waals surface area contributed by atoms with Crippen LogP contribution in [0.15, 0.2) is 18.2 Å². The molecular formula is C19H27N3O5. The summed E-state index contributed by atoms with van der Waals surface area (Å²) >= 11 is 0. The molecule has 2 N–H and O–H groups in total. The summed E-state index contributed by atoms with van der Waals surface area (Å²) in [6.07, 6.45) is 3.61. The van der Waals surface area contributed by atoms with E-state index in [4.69, 9.17) is 19.9 Å². The van der Waals surface area contributed by atoms with Gasteiger partial charge in [-0.15, -0.1) is 0 Å². The van der Waals surface area contributed by atoms with Crippen molar-refractivity contribution in [3.8, 4) is 17.2 Å². The van der Waals surface area contributed by atoms with Crippen LogP contribution in [0.3, 0.4) is 0 Å². The molecule has 0 spiro atoms. The number of hydrogen-bond acceptors (Lipinski definition) is 6. The number of piperazine rings is 1. The molecule has 0 unspecified atom stereocenters. The predicted molar refractivity (Wildman–Crippen MR) is 102 cm³/mol. The molecule has 1 fully saturated rings. The third kappa shape index (κ3) is 5.62. The van der Waals surface area contributed by atoms with E-state index in [1.54, 1.807) is 50.5 Å². The van der Waals surface area contributed by atoms with Gasteiger partial charge in [-0.3, -0.25) is 14.5 Å². The van der Waals surface area contributed by atoms with Crippen LogP contribution in [-0.4, -0.2) is 75.7 Å². The maximum atomic E-state index is 12.4. The third-order valence-corrected chi connectivity index (χ3v) is 4.46. The summed E-state index contributed by atoms with van der Waals surface area (Å²) in [6, 6.07) is 3.57. The number of carbonyl (C=O) groups excluding carboxylic acids is 2. The van der Waals surface area contributed by atoms with Gasteiger partial charge in [0.05, 0.1) is 21.3 Å². The Labute approximate surface area is 159 Å². The molecule has 0 aromatic heterocycles. The number of nitrogens with two attached hydrogens (primary N) is 1. The van der Waals surface area contributed by atoms with Gasteiger partial charge in [0.15, 0.2) is 11.5 Å². The molecule has 1 aliphatic heterocycles. The summed E-state index contributed by atoms with van der Waals surface area (Å²) in [6.45, 7) is 3.35. The largest absolute Gasteiger partial charge is 0.493 e. The van der Waals surface area contributed by atoms with Crippen LogP contribution in [0.1, 0.15) is 12.0 Å². The zero-order valence-corrected chi connectivity index (χ0v) is 16.1. The number of amides is 2. The van der Waals surface area contributed by atoms with Crippen molar-refractivity contribution in [3.05, 3.63) is 23.8 Å². The number of hydrogen-bond donors (Lipinski definition) is 1. The van der Waals surface area contributed by atoms with Crippen molar-refractivity contribution in [2.75, 3.05) is 54.1 Å². The van der Waals surface area contributed by atoms with E-state index in [-0.39, 0.29) is 11.8 Å². The van der Waals surface area contributed by atoms with Crippen LogP contribution in [-0.2, 0) is 9.59 Å². The van der Waals surface area contributed by atoms with Crippen molar-refractivity contribution >= 4 is 17.9 Å². The lowest BCUT2D eigenvalue weighted by atomic mass is 10.1. The molecule has 8 heteroatoms. The van der Waals surface area contributed by atoms with Crippen molar-refractivity contribution in [1.29, 1.82) is 0 Å². The predicted octanol–water partition coefficient (Wildman–Crippen LogP) is 0.745. The van der Waals surface area contributed by atoms with Gasteiger partial charge in [0.1, 0.15) is 0 Å². The average Bonchev–Trinajstić information content (AvgIpc) is 2.69. The minimum absolute atomic E-state index is 0.0571. The number of ether oxygens (including phenoxy) is 3. The SMILES string of the molecule is COc1cc(C=CC(=O)N2CCN(CCC(N)=O)CC2)cc(OC)c1OC. The second-order valence-corrected chi connectivity index (χ2v) is 6.18. The molecule has 0 aliphatic carbocycles. The number of benzene rings is 1. The van der Waals surface area contributed by atoms with E-state index in [9.17, 15) is 9.59 Å². The second-order valence-electron chi connectivity index (χ2n) is 6.18. The molecule has 0 atom stereocenters. The highest BCUT2D eigenvalue weighted by molar-refractivity contribution is 5.92. The monoisotopic (exact) mass is 377 g/mol. The maximum Gasteiger partial charge on any atom is 0.246 e. The molecule has 0 saturated carbocycles. The van der Waals surface area contributed by atoms with Gasteiger partial charge >= 0.3 is 0 Å². The van der Waals surface area contributed by atoms with Crippen molar-refractivity contribution < 1.29 is 23.8 Å². The minimum Gasteiger partial charge on any atom is -0.493 e. The van der Waals surface area contributed by atoms with E-state index in [0.29, 0.717) is 43.3 Å². The standard InChI is InChI=1S/C19H27N3O5/c1-25-15-12-14(13-16(26-2)19(15)27-3)4-5-18(24)22-10-8-21(9-11-22)7-6-17(20)23/h4-5,12-13H,6-11H2,1-3H3,(H2,20,23). The molecule has 27 heavy (non-hydrogen) atoms. The number of rotatable bonds is 8. The summed E-state index contributed by atoms with van der Waals surface area (Å²) in [5, 5.41) is 0. The molecule has 0 radical (unpaired) electrons. The van der Waals surface area contributed by atoms with Crippen LogP contribution in [0.25, 0.3) is 6.08 Å². The second kappa shape index (κ2) is 9.82. The fourth-order valence-corrected chi connectivity index (χ4v) is 2.93. The van der Waals surface area contributed by atoms with E-state index < -0.39 is 0 Å². The van der Waals surface area contributed by atoms with E-state index in [0.717, 1.165) is 18.7 Å². The Kier molecular flexibility index (Phi) is 7.48. The average molecular weight is 377 g/mol. The lowest BCUT2D eigenvalue weighted by Gasteiger charge is -2.34. The van der Waals surface area contributed by atoms with Gasteiger partial charge in [0.2, 0.25) is 17.6 Å². The first-order valence-corrected chi connectivity index (χ1v) is 8.76. The Morgan fingerprint density at radius 1 is 1.04 bits per heavy atom. The van der Waals surface area contributed by atoms with Gasteiger partial charge < -0.3 is 24.8 Å². The fraction of sp³-hybridized carbons (Fsp3) is 0.474. The van der Waals surface area contributed by atoms with Gasteiger partial charge in [-0.2, -0.15) is 0 Å². The van der Waals surface area contributed by atoms with E-state index in [2.05, 4.69) is 4.90 Å². The zero-order chi connectivity index (χ0) is 19.8. The van der Waals surface area contributed by atoms with E-state index in [1.165, 1.54) is 0 Å². The summed E-state index contributed by atoms with van der Waals surface area (Å²) < 4.78 is 15.9. The van der Waals surface area contributed by atoms with Crippen molar-refractivity contribution in [2.24, 2.45) is 5.73 Å². The molecule has 1 heterocycles. The van der Waals surface area contributed by atoms with Crippen LogP contribution in [0.4, 0.5) is 0 Å². The minimum atomic E-state index is -0.304. The number of methoxy groups -OCH3 is 3. The summed E-state index contributed by atoms with van der Waals surface area (Å²) in [5.74, 6) is 1.22. The molecular weight excluding hydrogens is 350 g/mol. The van der Waals surface area contributed by atoms with E-state index in [1.807, 2.05) is 0 Å². The Balaban J connectivity index is 1.98. The number of nitrogens with zero attached hydrogens (tertiary/aromatic N) is 2. The van der Waals surface area contributed by atoms with Crippen LogP contribution >= 0.6 is 0 Å². The topological polar surface area (TPSA) is 94.3 Å². The highest BCUT2D eigenvalue weighted by Gasteiger charge is 2.20. The van der Waals surface area contributed by atoms with E-state index >= 15 is 0 Å². The van der Waals surface area contributed by atoms with Crippen LogP contribution < -0.4 is 19.9 Å². The third-order valence-electron chi connectivity index (χ3n) is 4.46. The van der Waals surface area contributed by atoms with Crippen molar-refractivity contribution in [3.63, 3.8) is 0 Å². The summed E-state index contributed by atoms with van der Waals surface area (Å²) in [7, 11) is 4.64. The maximum absolute atomic E-state index is 12.4. The Hall–Kier alpha value is -2.74. The highest BCUT2D eigenvalue weighted by atomic mass is 16.5. The molecule has 148 valence electrons. The zero-order valence-electron chi connectivity index (χ0n) is 16.1. The van der Waals surface area contributed by atoms with Gasteiger partial charge in [-0.1, -0.05) is 0 Å². The fourth-order valence-electron chi connectivity index (χ4n) is 2.93. The quantitative estimate of drug-likeness (QED) is 0.672. The van der Waals surface area contributed by atoms with Gasteiger partial charge in [-0.05, 0) is 23.8 Å². The highest BCUT2D eigenvalue weighted by Crippen LogP contribution is 2.38. The molecule has 0 bridgehead atoms. The summed E-state index contributed by atoms with van der Waals surface area (Å²) in [5.41, 5.74) is 5.95. The number of primary amides is 1. The molecule has 2 amide bonds. The molecule has 1 aliphatic rings. The number of carbonyl (C=O) groups is 2. The smallest absolute Gasteiger partial charge is 0.246 e. The van der Waals surface area contributed by atoms with Gasteiger partial charge in [-0.25, -0.2) is 0 Å². The van der Waals surface area contributed by atoms with Crippen LogP contribution in [0.2, 0.25) is 0 Å². The molecule has 8 nitrogen and oxygen atoms in total. The lowest BCUT2D eigenvalue weighted by Crippen LogP contribution is -2.48.